The first-order valence-electron chi connectivity index (χ1n) is 7.73. The van der Waals surface area contributed by atoms with Gasteiger partial charge in [-0.15, -0.1) is 10.2 Å². The predicted octanol–water partition coefficient (Wildman–Crippen LogP) is 4.12. The Labute approximate surface area is 153 Å². The molecule has 0 aliphatic heterocycles. The van der Waals surface area contributed by atoms with E-state index >= 15 is 0 Å². The van der Waals surface area contributed by atoms with Gasteiger partial charge in [0.1, 0.15) is 11.5 Å². The van der Waals surface area contributed by atoms with Crippen LogP contribution in [0.25, 0.3) is 0 Å². The summed E-state index contributed by atoms with van der Waals surface area (Å²) < 4.78 is 11.4. The maximum atomic E-state index is 12.2. The molecule has 0 radical (unpaired) electrons. The number of thioether (sulfide) groups is 1. The fraction of sp³-hybridized carbons (Fsp3) is 0.235. The topological polar surface area (TPSA) is 77.2 Å². The molecule has 25 heavy (non-hydrogen) atoms. The van der Waals surface area contributed by atoms with Crippen LogP contribution < -0.4 is 10.1 Å². The molecule has 3 rings (SSSR count). The number of nitrogens with one attached hydrogen (secondary N) is 1. The summed E-state index contributed by atoms with van der Waals surface area (Å²) in [5, 5.41) is 12.0. The van der Waals surface area contributed by atoms with Gasteiger partial charge in [0.15, 0.2) is 10.1 Å². The average Bonchev–Trinajstić information content (AvgIpc) is 3.30. The SMILES string of the molecule is CCOc1ccc(C(=O)CSc2nnc(NCc3ccco3)s2)cc1. The second-order valence-corrected chi connectivity index (χ2v) is 7.18. The fourth-order valence-corrected chi connectivity index (χ4v) is 3.67. The Hall–Kier alpha value is -2.32. The monoisotopic (exact) mass is 375 g/mol. The molecule has 8 heteroatoms. The zero-order chi connectivity index (χ0) is 17.5. The minimum Gasteiger partial charge on any atom is -0.494 e. The zero-order valence-corrected chi connectivity index (χ0v) is 15.2. The Kier molecular flexibility index (Phi) is 6.08. The highest BCUT2D eigenvalue weighted by Gasteiger charge is 2.10. The van der Waals surface area contributed by atoms with Crippen LogP contribution in [0, 0.1) is 0 Å². The van der Waals surface area contributed by atoms with E-state index in [-0.39, 0.29) is 5.78 Å². The third-order valence-corrected chi connectivity index (χ3v) is 5.23. The largest absolute Gasteiger partial charge is 0.494 e. The van der Waals surface area contributed by atoms with E-state index in [9.17, 15) is 4.79 Å². The number of hydrogen-bond donors (Lipinski definition) is 1. The molecule has 130 valence electrons. The first-order chi connectivity index (χ1) is 12.2. The van der Waals surface area contributed by atoms with Crippen LogP contribution in [-0.2, 0) is 6.54 Å². The van der Waals surface area contributed by atoms with Crippen molar-refractivity contribution in [2.45, 2.75) is 17.8 Å². The van der Waals surface area contributed by atoms with Gasteiger partial charge >= 0.3 is 0 Å². The molecule has 0 aliphatic rings. The first kappa shape index (κ1) is 17.5. The molecule has 2 heterocycles. The number of carbonyl (C=O) groups excluding carboxylic acids is 1. The Morgan fingerprint density at radius 1 is 1.28 bits per heavy atom. The Morgan fingerprint density at radius 3 is 2.84 bits per heavy atom. The highest BCUT2D eigenvalue weighted by atomic mass is 32.2. The summed E-state index contributed by atoms with van der Waals surface area (Å²) in [4.78, 5) is 12.2. The van der Waals surface area contributed by atoms with Gasteiger partial charge in [-0.1, -0.05) is 23.1 Å². The van der Waals surface area contributed by atoms with Gasteiger partial charge in [-0.05, 0) is 43.3 Å². The molecular formula is C17H17N3O3S2. The maximum absolute atomic E-state index is 12.2. The number of benzene rings is 1. The normalized spacial score (nSPS) is 10.6. The molecule has 0 unspecified atom stereocenters. The van der Waals surface area contributed by atoms with E-state index in [0.717, 1.165) is 15.8 Å². The molecule has 0 bridgehead atoms. The Morgan fingerprint density at radius 2 is 2.12 bits per heavy atom. The van der Waals surface area contributed by atoms with Crippen molar-refractivity contribution >= 4 is 34.0 Å². The lowest BCUT2D eigenvalue weighted by molar-refractivity contribution is 0.102. The summed E-state index contributed by atoms with van der Waals surface area (Å²) >= 11 is 2.80. The molecule has 6 nitrogen and oxygen atoms in total. The molecule has 1 N–H and O–H groups in total. The number of ketones is 1. The summed E-state index contributed by atoms with van der Waals surface area (Å²) in [6.07, 6.45) is 1.63. The van der Waals surface area contributed by atoms with Crippen molar-refractivity contribution in [2.75, 3.05) is 17.7 Å². The molecule has 0 saturated heterocycles. The number of rotatable bonds is 9. The third kappa shape index (κ3) is 5.07. The van der Waals surface area contributed by atoms with E-state index in [1.807, 2.05) is 31.2 Å². The molecule has 0 fully saturated rings. The molecule has 0 atom stereocenters. The zero-order valence-electron chi connectivity index (χ0n) is 13.6. The Bertz CT molecular complexity index is 801. The highest BCUT2D eigenvalue weighted by Crippen LogP contribution is 2.26. The molecule has 0 aliphatic carbocycles. The number of Topliss-reactive ketones (excluding diaryl/α,β-unsaturated/α-hetero) is 1. The number of ether oxygens (including phenoxy) is 1. The summed E-state index contributed by atoms with van der Waals surface area (Å²) in [5.74, 6) is 1.97. The van der Waals surface area contributed by atoms with E-state index in [4.69, 9.17) is 9.15 Å². The molecule has 0 saturated carbocycles. The van der Waals surface area contributed by atoms with Gasteiger partial charge in [-0.25, -0.2) is 0 Å². The molecular weight excluding hydrogens is 358 g/mol. The minimum absolute atomic E-state index is 0.0494. The van der Waals surface area contributed by atoms with Crippen LogP contribution in [0.1, 0.15) is 23.0 Å². The van der Waals surface area contributed by atoms with Crippen molar-refractivity contribution in [3.8, 4) is 5.75 Å². The van der Waals surface area contributed by atoms with E-state index in [1.165, 1.54) is 23.1 Å². The standard InChI is InChI=1S/C17H17N3O3S2/c1-2-22-13-7-5-12(6-8-13)15(21)11-24-17-20-19-16(25-17)18-10-14-4-3-9-23-14/h3-9H,2,10-11H2,1H3,(H,18,19). The molecule has 0 spiro atoms. The van der Waals surface area contributed by atoms with E-state index in [2.05, 4.69) is 15.5 Å². The molecule has 0 amide bonds. The van der Waals surface area contributed by atoms with Crippen LogP contribution in [0.3, 0.4) is 0 Å². The summed E-state index contributed by atoms with van der Waals surface area (Å²) in [6, 6.07) is 10.9. The summed E-state index contributed by atoms with van der Waals surface area (Å²) in [6.45, 7) is 3.09. The van der Waals surface area contributed by atoms with Crippen molar-refractivity contribution in [1.82, 2.24) is 10.2 Å². The van der Waals surface area contributed by atoms with Crippen LogP contribution in [-0.4, -0.2) is 28.3 Å². The van der Waals surface area contributed by atoms with Crippen molar-refractivity contribution in [3.63, 3.8) is 0 Å². The van der Waals surface area contributed by atoms with Crippen molar-refractivity contribution in [1.29, 1.82) is 0 Å². The lowest BCUT2D eigenvalue weighted by atomic mass is 10.1. The van der Waals surface area contributed by atoms with Crippen LogP contribution in [0.2, 0.25) is 0 Å². The summed E-state index contributed by atoms with van der Waals surface area (Å²) in [5.41, 5.74) is 0.664. The fourth-order valence-electron chi connectivity index (χ4n) is 2.03. The van der Waals surface area contributed by atoms with Crippen LogP contribution in [0.5, 0.6) is 5.75 Å². The number of anilines is 1. The summed E-state index contributed by atoms with van der Waals surface area (Å²) in [7, 11) is 0. The molecule has 1 aromatic carbocycles. The number of nitrogens with zero attached hydrogens (tertiary/aromatic N) is 2. The number of furan rings is 1. The van der Waals surface area contributed by atoms with Crippen LogP contribution >= 0.6 is 23.1 Å². The van der Waals surface area contributed by atoms with Gasteiger partial charge in [-0.3, -0.25) is 4.79 Å². The number of aromatic nitrogens is 2. The van der Waals surface area contributed by atoms with Crippen molar-refractivity contribution in [2.24, 2.45) is 0 Å². The van der Waals surface area contributed by atoms with Crippen LogP contribution in [0.4, 0.5) is 5.13 Å². The second-order valence-electron chi connectivity index (χ2n) is 4.98. The van der Waals surface area contributed by atoms with Crippen LogP contribution in [0.15, 0.2) is 51.4 Å². The van der Waals surface area contributed by atoms with E-state index < -0.39 is 0 Å². The smallest absolute Gasteiger partial charge is 0.206 e. The average molecular weight is 375 g/mol. The van der Waals surface area contributed by atoms with E-state index in [0.29, 0.717) is 29.6 Å². The number of carbonyl (C=O) groups is 1. The quantitative estimate of drug-likeness (QED) is 0.445. The highest BCUT2D eigenvalue weighted by molar-refractivity contribution is 8.01. The lowest BCUT2D eigenvalue weighted by Gasteiger charge is -2.03. The predicted molar refractivity (Wildman–Crippen MR) is 98.6 cm³/mol. The van der Waals surface area contributed by atoms with Gasteiger partial charge in [-0.2, -0.15) is 0 Å². The molecule has 2 aromatic heterocycles. The third-order valence-electron chi connectivity index (χ3n) is 3.21. The minimum atomic E-state index is 0.0494. The maximum Gasteiger partial charge on any atom is 0.206 e. The second kappa shape index (κ2) is 8.68. The molecule has 3 aromatic rings. The van der Waals surface area contributed by atoms with Gasteiger partial charge in [0.25, 0.3) is 0 Å². The first-order valence-corrected chi connectivity index (χ1v) is 9.53. The van der Waals surface area contributed by atoms with Crippen molar-refractivity contribution < 1.29 is 13.9 Å². The lowest BCUT2D eigenvalue weighted by Crippen LogP contribution is -2.02. The van der Waals surface area contributed by atoms with Gasteiger partial charge in [0, 0.05) is 5.56 Å². The van der Waals surface area contributed by atoms with Gasteiger partial charge in [0.2, 0.25) is 5.13 Å². The van der Waals surface area contributed by atoms with Gasteiger partial charge in [0.05, 0.1) is 25.2 Å². The number of hydrogen-bond acceptors (Lipinski definition) is 8. The van der Waals surface area contributed by atoms with E-state index in [1.54, 1.807) is 18.4 Å². The van der Waals surface area contributed by atoms with Gasteiger partial charge < -0.3 is 14.5 Å². The Balaban J connectivity index is 1.48. The van der Waals surface area contributed by atoms with Crippen molar-refractivity contribution in [3.05, 3.63) is 54.0 Å².